The highest BCUT2D eigenvalue weighted by Gasteiger charge is 2.43. The molecule has 1 heterocycles. The minimum absolute atomic E-state index is 0.0111. The fourth-order valence-corrected chi connectivity index (χ4v) is 9.94. The molecule has 1 aliphatic rings. The second kappa shape index (κ2) is 24.0. The highest BCUT2D eigenvalue weighted by molar-refractivity contribution is 7.90. The Balaban J connectivity index is 1.82. The van der Waals surface area contributed by atoms with Gasteiger partial charge in [-0.3, -0.25) is 24.0 Å². The van der Waals surface area contributed by atoms with E-state index in [-0.39, 0.29) is 77.8 Å². The molecule has 0 bridgehead atoms. The molecule has 2 N–H and O–H groups in total. The number of likely N-dealkylation sites (tertiary alicyclic amines) is 1. The summed E-state index contributed by atoms with van der Waals surface area (Å²) < 4.78 is 40.5. The summed E-state index contributed by atoms with van der Waals surface area (Å²) in [5.41, 5.74) is 0.772. The number of likely N-dealkylation sites (N-methyl/N-ethyl adjacent to an activating group) is 2. The standard InChI is InChI=1S/C47H72N4O9S/c1-12-32(6)44(50(9)47(56)37(30(2)3)28-40(53)43(48-8)31(4)5)41(59-10)29-42(54)51-25-19-24-38(51)45(60-11)33(7)39(52)27-35(26-34-20-15-13-16-21-34)46(55)49-61(57,58)36-22-17-14-18-23-36/h13-18,20-23,30-33,35,37-38,41,43-45,48H,12,19,24-29H2,1-11H3,(H,49,55)/t32-,33-,35+,37-,38-,41+,43-,44-,45+/m0/s1. The van der Waals surface area contributed by atoms with E-state index in [1.165, 1.54) is 19.2 Å². The molecule has 9 atom stereocenters. The summed E-state index contributed by atoms with van der Waals surface area (Å²) in [6.07, 6.45) is 0.595. The van der Waals surface area contributed by atoms with Gasteiger partial charge in [0.1, 0.15) is 5.78 Å². The first-order valence-corrected chi connectivity index (χ1v) is 23.3. The van der Waals surface area contributed by atoms with Gasteiger partial charge in [-0.05, 0) is 61.8 Å². The Morgan fingerprint density at radius 1 is 0.836 bits per heavy atom. The summed E-state index contributed by atoms with van der Waals surface area (Å²) in [5, 5.41) is 3.10. The smallest absolute Gasteiger partial charge is 0.264 e. The van der Waals surface area contributed by atoms with E-state index in [0.717, 1.165) is 12.0 Å². The van der Waals surface area contributed by atoms with Crippen LogP contribution in [0.2, 0.25) is 0 Å². The Morgan fingerprint density at radius 2 is 1.44 bits per heavy atom. The monoisotopic (exact) mass is 869 g/mol. The number of carbonyl (C=O) groups is 5. The molecule has 0 unspecified atom stereocenters. The highest BCUT2D eigenvalue weighted by Crippen LogP contribution is 2.32. The first kappa shape index (κ1) is 51.4. The van der Waals surface area contributed by atoms with Crippen LogP contribution in [0.1, 0.15) is 92.6 Å². The van der Waals surface area contributed by atoms with E-state index in [0.29, 0.717) is 19.4 Å². The summed E-state index contributed by atoms with van der Waals surface area (Å²) in [5.74, 6) is -3.82. The van der Waals surface area contributed by atoms with E-state index in [4.69, 9.17) is 9.47 Å². The molecular formula is C47H72N4O9S. The van der Waals surface area contributed by atoms with Crippen LogP contribution in [0, 0.1) is 35.5 Å². The van der Waals surface area contributed by atoms with Crippen LogP contribution in [-0.4, -0.2) is 113 Å². The molecule has 0 spiro atoms. The van der Waals surface area contributed by atoms with Crippen molar-refractivity contribution < 1.29 is 41.9 Å². The average molecular weight is 869 g/mol. The molecule has 14 heteroatoms. The molecule has 0 saturated carbocycles. The van der Waals surface area contributed by atoms with Crippen molar-refractivity contribution in [1.82, 2.24) is 19.8 Å². The maximum Gasteiger partial charge on any atom is 0.264 e. The van der Waals surface area contributed by atoms with Crippen molar-refractivity contribution in [2.75, 3.05) is 34.9 Å². The van der Waals surface area contributed by atoms with Crippen molar-refractivity contribution in [3.8, 4) is 0 Å². The molecule has 2 aromatic carbocycles. The zero-order chi connectivity index (χ0) is 45.6. The van der Waals surface area contributed by atoms with Crippen molar-refractivity contribution >= 4 is 39.3 Å². The van der Waals surface area contributed by atoms with Crippen LogP contribution >= 0.6 is 0 Å². The Labute approximate surface area is 365 Å². The van der Waals surface area contributed by atoms with Crippen LogP contribution in [0.15, 0.2) is 65.6 Å². The number of carbonyl (C=O) groups excluding carboxylic acids is 5. The van der Waals surface area contributed by atoms with Crippen molar-refractivity contribution in [3.05, 3.63) is 66.2 Å². The van der Waals surface area contributed by atoms with E-state index in [1.807, 2.05) is 71.9 Å². The van der Waals surface area contributed by atoms with Gasteiger partial charge in [-0.1, -0.05) is 103 Å². The largest absolute Gasteiger partial charge is 0.379 e. The van der Waals surface area contributed by atoms with Gasteiger partial charge < -0.3 is 24.6 Å². The van der Waals surface area contributed by atoms with Gasteiger partial charge in [0.2, 0.25) is 17.7 Å². The molecule has 3 rings (SSSR count). The predicted octanol–water partition coefficient (Wildman–Crippen LogP) is 5.71. The Morgan fingerprint density at radius 3 is 1.97 bits per heavy atom. The molecule has 1 aliphatic heterocycles. The summed E-state index contributed by atoms with van der Waals surface area (Å²) in [4.78, 5) is 73.2. The second-order valence-electron chi connectivity index (χ2n) is 17.5. The third-order valence-electron chi connectivity index (χ3n) is 12.7. The number of amides is 3. The number of nitrogens with zero attached hydrogens (tertiary/aromatic N) is 2. The van der Waals surface area contributed by atoms with Crippen molar-refractivity contribution in [3.63, 3.8) is 0 Å². The van der Waals surface area contributed by atoms with Crippen LogP contribution < -0.4 is 10.0 Å². The maximum atomic E-state index is 14.4. The molecule has 340 valence electrons. The van der Waals surface area contributed by atoms with Crippen LogP contribution in [0.25, 0.3) is 0 Å². The highest BCUT2D eigenvalue weighted by atomic mass is 32.2. The molecule has 0 radical (unpaired) electrons. The van der Waals surface area contributed by atoms with Gasteiger partial charge >= 0.3 is 0 Å². The number of ether oxygens (including phenoxy) is 2. The van der Waals surface area contributed by atoms with Crippen LogP contribution in [-0.2, 0) is 49.9 Å². The number of methoxy groups -OCH3 is 2. The number of hydrogen-bond donors (Lipinski definition) is 2. The maximum absolute atomic E-state index is 14.4. The molecule has 2 aromatic rings. The molecule has 3 amide bonds. The summed E-state index contributed by atoms with van der Waals surface area (Å²) in [6, 6.07) is 15.4. The van der Waals surface area contributed by atoms with E-state index in [2.05, 4.69) is 10.0 Å². The first-order chi connectivity index (χ1) is 28.8. The minimum Gasteiger partial charge on any atom is -0.379 e. The topological polar surface area (TPSA) is 168 Å². The zero-order valence-electron chi connectivity index (χ0n) is 38.3. The quantitative estimate of drug-likeness (QED) is 0.126. The molecule has 1 saturated heterocycles. The fraction of sp³-hybridized carbons (Fsp3) is 0.638. The van der Waals surface area contributed by atoms with E-state index < -0.39 is 58.0 Å². The van der Waals surface area contributed by atoms with Gasteiger partial charge in [-0.15, -0.1) is 0 Å². The van der Waals surface area contributed by atoms with Crippen molar-refractivity contribution in [2.24, 2.45) is 35.5 Å². The van der Waals surface area contributed by atoms with Gasteiger partial charge in [0.25, 0.3) is 10.0 Å². The van der Waals surface area contributed by atoms with Crippen molar-refractivity contribution in [2.45, 2.75) is 129 Å². The lowest BCUT2D eigenvalue weighted by atomic mass is 9.84. The van der Waals surface area contributed by atoms with E-state index >= 15 is 0 Å². The van der Waals surface area contributed by atoms with Crippen LogP contribution in [0.5, 0.6) is 0 Å². The van der Waals surface area contributed by atoms with Gasteiger partial charge in [-0.2, -0.15) is 0 Å². The normalized spacial score (nSPS) is 18.4. The number of Topliss-reactive ketones (excluding diaryl/α,β-unsaturated/α-hetero) is 2. The Hall–Kier alpha value is -3.98. The van der Waals surface area contributed by atoms with Gasteiger partial charge in [0.15, 0.2) is 5.78 Å². The number of rotatable bonds is 25. The van der Waals surface area contributed by atoms with E-state index in [9.17, 15) is 32.4 Å². The number of nitrogens with one attached hydrogen (secondary N) is 2. The number of ketones is 2. The zero-order valence-corrected chi connectivity index (χ0v) is 39.1. The molecular weight excluding hydrogens is 797 g/mol. The SMILES string of the molecule is CC[C@H](C)[C@@H]([C@@H](CC(=O)N1CCC[C@H]1[C@H](OC)[C@@H](C)C(=O)C[C@@H](Cc1ccccc1)C(=O)NS(=O)(=O)c1ccccc1)OC)N(C)C(=O)[C@@H](CC(=O)[C@@H](NC)C(C)C)C(C)C. The lowest BCUT2D eigenvalue weighted by Crippen LogP contribution is -2.54. The third-order valence-corrected chi connectivity index (χ3v) is 14.0. The Bertz CT molecular complexity index is 1840. The van der Waals surface area contributed by atoms with Crippen LogP contribution in [0.4, 0.5) is 0 Å². The van der Waals surface area contributed by atoms with Crippen LogP contribution in [0.3, 0.4) is 0 Å². The predicted molar refractivity (Wildman–Crippen MR) is 237 cm³/mol. The number of sulfonamides is 1. The average Bonchev–Trinajstić information content (AvgIpc) is 3.72. The molecule has 61 heavy (non-hydrogen) atoms. The van der Waals surface area contributed by atoms with Gasteiger partial charge in [0, 0.05) is 58.4 Å². The lowest BCUT2D eigenvalue weighted by molar-refractivity contribution is -0.149. The van der Waals surface area contributed by atoms with E-state index in [1.54, 1.807) is 56.1 Å². The minimum atomic E-state index is -4.19. The summed E-state index contributed by atoms with van der Waals surface area (Å²) in [6.45, 7) is 14.1. The number of benzene rings is 2. The third kappa shape index (κ3) is 13.8. The van der Waals surface area contributed by atoms with Gasteiger partial charge in [-0.25, -0.2) is 13.1 Å². The first-order valence-electron chi connectivity index (χ1n) is 21.8. The molecule has 1 fully saturated rings. The Kier molecular flexibility index (Phi) is 20.2. The molecule has 13 nitrogen and oxygen atoms in total. The van der Waals surface area contributed by atoms with Gasteiger partial charge in [0.05, 0.1) is 41.6 Å². The molecule has 0 aliphatic carbocycles. The molecule has 0 aromatic heterocycles. The number of hydrogen-bond acceptors (Lipinski definition) is 10. The lowest BCUT2D eigenvalue weighted by Gasteiger charge is -2.41. The van der Waals surface area contributed by atoms with Crippen molar-refractivity contribution in [1.29, 1.82) is 0 Å². The summed E-state index contributed by atoms with van der Waals surface area (Å²) in [7, 11) is 2.35. The fourth-order valence-electron chi connectivity index (χ4n) is 8.88. The second-order valence-corrected chi connectivity index (χ2v) is 19.1. The summed E-state index contributed by atoms with van der Waals surface area (Å²) >= 11 is 0.